The molecule has 0 bridgehead atoms. The molecule has 194 valence electrons. The fourth-order valence-electron chi connectivity index (χ4n) is 3.66. The Morgan fingerprint density at radius 2 is 1.89 bits per heavy atom. The largest absolute Gasteiger partial charge is 0.457 e. The SMILES string of the molecule is CC1CC(Cc2cccnc2)NC(=O)C(NC(=O)OC(C)(C)C)C(C)OC(=O)C(C(C)C)OC1=O. The van der Waals surface area contributed by atoms with Gasteiger partial charge in [0.15, 0.2) is 0 Å². The zero-order valence-corrected chi connectivity index (χ0v) is 21.5. The highest BCUT2D eigenvalue weighted by Crippen LogP contribution is 2.19. The van der Waals surface area contributed by atoms with Crippen molar-refractivity contribution in [3.63, 3.8) is 0 Å². The van der Waals surface area contributed by atoms with Crippen LogP contribution < -0.4 is 10.6 Å². The molecular weight excluding hydrogens is 454 g/mol. The summed E-state index contributed by atoms with van der Waals surface area (Å²) in [5.74, 6) is -2.87. The van der Waals surface area contributed by atoms with Crippen molar-refractivity contribution in [2.45, 2.75) is 91.2 Å². The van der Waals surface area contributed by atoms with Crippen LogP contribution in [0.4, 0.5) is 4.79 Å². The fourth-order valence-corrected chi connectivity index (χ4v) is 3.66. The van der Waals surface area contributed by atoms with E-state index in [0.717, 1.165) is 5.56 Å². The van der Waals surface area contributed by atoms with Gasteiger partial charge in [-0.1, -0.05) is 26.8 Å². The summed E-state index contributed by atoms with van der Waals surface area (Å²) >= 11 is 0. The highest BCUT2D eigenvalue weighted by molar-refractivity contribution is 5.87. The minimum Gasteiger partial charge on any atom is -0.457 e. The van der Waals surface area contributed by atoms with E-state index in [0.29, 0.717) is 6.42 Å². The van der Waals surface area contributed by atoms with E-state index in [1.54, 1.807) is 60.0 Å². The van der Waals surface area contributed by atoms with Crippen molar-refractivity contribution in [2.24, 2.45) is 11.8 Å². The van der Waals surface area contributed by atoms with E-state index in [4.69, 9.17) is 14.2 Å². The molecule has 2 rings (SSSR count). The van der Waals surface area contributed by atoms with Gasteiger partial charge in [-0.3, -0.25) is 14.6 Å². The van der Waals surface area contributed by atoms with Crippen molar-refractivity contribution in [2.75, 3.05) is 0 Å². The number of nitrogens with zero attached hydrogens (tertiary/aromatic N) is 1. The lowest BCUT2D eigenvalue weighted by Gasteiger charge is -2.31. The predicted octanol–water partition coefficient (Wildman–Crippen LogP) is 2.54. The summed E-state index contributed by atoms with van der Waals surface area (Å²) in [4.78, 5) is 55.5. The zero-order chi connectivity index (χ0) is 26.3. The summed E-state index contributed by atoms with van der Waals surface area (Å²) in [5.41, 5.74) is 0.0720. The van der Waals surface area contributed by atoms with Crippen LogP contribution in [0.5, 0.6) is 0 Å². The first-order valence-corrected chi connectivity index (χ1v) is 11.9. The average Bonchev–Trinajstić information content (AvgIpc) is 2.73. The maximum absolute atomic E-state index is 13.3. The second-order valence-electron chi connectivity index (χ2n) is 10.3. The number of pyridine rings is 1. The highest BCUT2D eigenvalue weighted by atomic mass is 16.6. The summed E-state index contributed by atoms with van der Waals surface area (Å²) in [6, 6.07) is 1.94. The van der Waals surface area contributed by atoms with Crippen molar-refractivity contribution in [1.29, 1.82) is 0 Å². The summed E-state index contributed by atoms with van der Waals surface area (Å²) < 4.78 is 16.3. The molecule has 0 aromatic carbocycles. The van der Waals surface area contributed by atoms with Gasteiger partial charge in [0.2, 0.25) is 12.0 Å². The van der Waals surface area contributed by atoms with Gasteiger partial charge >= 0.3 is 18.0 Å². The molecule has 0 spiro atoms. The third-order valence-electron chi connectivity index (χ3n) is 5.40. The highest BCUT2D eigenvalue weighted by Gasteiger charge is 2.38. The van der Waals surface area contributed by atoms with E-state index in [2.05, 4.69) is 15.6 Å². The molecule has 0 saturated carbocycles. The Bertz CT molecular complexity index is 898. The van der Waals surface area contributed by atoms with Gasteiger partial charge < -0.3 is 24.8 Å². The number of carbonyl (C=O) groups is 4. The first-order chi connectivity index (χ1) is 16.3. The summed E-state index contributed by atoms with van der Waals surface area (Å²) in [7, 11) is 0. The van der Waals surface area contributed by atoms with E-state index < -0.39 is 59.7 Å². The molecule has 1 aromatic heterocycles. The molecule has 1 aliphatic heterocycles. The van der Waals surface area contributed by atoms with E-state index in [-0.39, 0.29) is 12.3 Å². The number of alkyl carbamates (subject to hydrolysis) is 1. The van der Waals surface area contributed by atoms with Gasteiger partial charge in [0, 0.05) is 24.4 Å². The molecule has 2 heterocycles. The Hall–Kier alpha value is -3.17. The van der Waals surface area contributed by atoms with E-state index in [9.17, 15) is 19.2 Å². The third-order valence-corrected chi connectivity index (χ3v) is 5.40. The summed E-state index contributed by atoms with van der Waals surface area (Å²) in [5, 5.41) is 5.42. The zero-order valence-electron chi connectivity index (χ0n) is 21.5. The molecule has 2 amide bonds. The lowest BCUT2D eigenvalue weighted by Crippen LogP contribution is -2.57. The molecule has 1 fully saturated rings. The number of cyclic esters (lactones) is 2. The Morgan fingerprint density at radius 3 is 2.46 bits per heavy atom. The molecule has 0 radical (unpaired) electrons. The third kappa shape index (κ3) is 8.84. The molecule has 1 aromatic rings. The second-order valence-corrected chi connectivity index (χ2v) is 10.3. The van der Waals surface area contributed by atoms with Crippen molar-refractivity contribution in [3.8, 4) is 0 Å². The molecule has 5 unspecified atom stereocenters. The second kappa shape index (κ2) is 12.0. The Kier molecular flexibility index (Phi) is 9.62. The number of ether oxygens (including phenoxy) is 3. The first-order valence-electron chi connectivity index (χ1n) is 11.9. The number of hydrogen-bond acceptors (Lipinski definition) is 8. The van der Waals surface area contributed by atoms with Crippen molar-refractivity contribution < 1.29 is 33.4 Å². The predicted molar refractivity (Wildman–Crippen MR) is 127 cm³/mol. The molecule has 2 N–H and O–H groups in total. The molecule has 35 heavy (non-hydrogen) atoms. The van der Waals surface area contributed by atoms with E-state index >= 15 is 0 Å². The minimum absolute atomic E-state index is 0.257. The first kappa shape index (κ1) is 28.1. The number of carbonyl (C=O) groups excluding carboxylic acids is 4. The maximum Gasteiger partial charge on any atom is 0.408 e. The fraction of sp³-hybridized carbons (Fsp3) is 0.640. The van der Waals surface area contributed by atoms with Crippen LogP contribution in [0.1, 0.15) is 60.5 Å². The standard InChI is InChI=1S/C25H37N3O7/c1-14(2)20-23(31)33-16(4)19(28-24(32)35-25(5,6)7)21(29)27-18(11-15(3)22(30)34-20)12-17-9-8-10-26-13-17/h8-10,13-16,18-20H,11-12H2,1-7H3,(H,27,29)(H,28,32). The van der Waals surface area contributed by atoms with Crippen LogP contribution in [0.3, 0.4) is 0 Å². The summed E-state index contributed by atoms with van der Waals surface area (Å²) in [6.45, 7) is 11.7. The van der Waals surface area contributed by atoms with Gasteiger partial charge in [-0.2, -0.15) is 0 Å². The Labute approximate surface area is 206 Å². The molecule has 10 heteroatoms. The summed E-state index contributed by atoms with van der Waals surface area (Å²) in [6.07, 6.45) is 0.953. The van der Waals surface area contributed by atoms with Gasteiger partial charge in [-0.05, 0) is 52.2 Å². The van der Waals surface area contributed by atoms with Gasteiger partial charge in [0.25, 0.3) is 0 Å². The number of nitrogens with one attached hydrogen (secondary N) is 2. The van der Waals surface area contributed by atoms with Gasteiger partial charge in [0.1, 0.15) is 17.7 Å². The topological polar surface area (TPSA) is 133 Å². The Balaban J connectivity index is 2.38. The van der Waals surface area contributed by atoms with Gasteiger partial charge in [-0.25, -0.2) is 9.59 Å². The monoisotopic (exact) mass is 491 g/mol. The number of esters is 2. The number of rotatable bonds is 4. The minimum atomic E-state index is -1.23. The maximum atomic E-state index is 13.3. The average molecular weight is 492 g/mol. The van der Waals surface area contributed by atoms with Crippen LogP contribution >= 0.6 is 0 Å². The van der Waals surface area contributed by atoms with Crippen molar-refractivity contribution in [3.05, 3.63) is 30.1 Å². The number of hydrogen-bond donors (Lipinski definition) is 2. The van der Waals surface area contributed by atoms with Crippen LogP contribution in [0, 0.1) is 11.8 Å². The smallest absolute Gasteiger partial charge is 0.408 e. The molecule has 1 aliphatic rings. The van der Waals surface area contributed by atoms with Crippen LogP contribution in [0.15, 0.2) is 24.5 Å². The number of amides is 2. The normalized spacial score (nSPS) is 26.5. The molecular formula is C25H37N3O7. The van der Waals surface area contributed by atoms with Crippen LogP contribution in [-0.4, -0.2) is 58.8 Å². The molecule has 0 aliphatic carbocycles. The van der Waals surface area contributed by atoms with Crippen LogP contribution in [-0.2, 0) is 35.0 Å². The lowest BCUT2D eigenvalue weighted by atomic mass is 9.95. The lowest BCUT2D eigenvalue weighted by molar-refractivity contribution is -0.178. The Morgan fingerprint density at radius 1 is 1.20 bits per heavy atom. The quantitative estimate of drug-likeness (QED) is 0.485. The van der Waals surface area contributed by atoms with Crippen LogP contribution in [0.25, 0.3) is 0 Å². The molecule has 1 saturated heterocycles. The van der Waals surface area contributed by atoms with Crippen molar-refractivity contribution >= 4 is 23.9 Å². The van der Waals surface area contributed by atoms with Gasteiger partial charge in [0.05, 0.1) is 5.92 Å². The number of aromatic nitrogens is 1. The van der Waals surface area contributed by atoms with E-state index in [1.165, 1.54) is 6.92 Å². The van der Waals surface area contributed by atoms with Gasteiger partial charge in [-0.15, -0.1) is 0 Å². The van der Waals surface area contributed by atoms with Crippen LogP contribution in [0.2, 0.25) is 0 Å². The molecule has 10 nitrogen and oxygen atoms in total. The van der Waals surface area contributed by atoms with E-state index in [1.807, 2.05) is 6.07 Å². The van der Waals surface area contributed by atoms with Crippen molar-refractivity contribution in [1.82, 2.24) is 15.6 Å². The molecule has 5 atom stereocenters.